The largest absolute Gasteiger partial charge is 0.495 e. The zero-order valence-electron chi connectivity index (χ0n) is 25.8. The number of ether oxygens (including phenoxy) is 1. The van der Waals surface area contributed by atoms with Crippen molar-refractivity contribution in [2.45, 2.75) is 51.4 Å². The Morgan fingerprint density at radius 1 is 0.933 bits per heavy atom. The maximum Gasteiger partial charge on any atom is 0.319 e. The van der Waals surface area contributed by atoms with Crippen molar-refractivity contribution in [3.8, 4) is 16.9 Å². The summed E-state index contributed by atoms with van der Waals surface area (Å²) in [5, 5.41) is 8.65. The van der Waals surface area contributed by atoms with Gasteiger partial charge in [-0.05, 0) is 72.7 Å². The van der Waals surface area contributed by atoms with Gasteiger partial charge in [-0.1, -0.05) is 78.9 Å². The van der Waals surface area contributed by atoms with Crippen molar-refractivity contribution in [2.75, 3.05) is 17.3 Å². The number of benzene rings is 4. The molecule has 0 fully saturated rings. The average Bonchev–Trinajstić information content (AvgIpc) is 3.16. The number of fused-ring (bicyclic) bond motifs is 1. The molecule has 9 nitrogen and oxygen atoms in total. The summed E-state index contributed by atoms with van der Waals surface area (Å²) in [6.45, 7) is 3.93. The summed E-state index contributed by atoms with van der Waals surface area (Å²) < 4.78 is 5.32. The molecular weight excluding hydrogens is 566 g/mol. The van der Waals surface area contributed by atoms with Crippen molar-refractivity contribution in [3.05, 3.63) is 114 Å². The quantitative estimate of drug-likeness (QED) is 0.204. The number of amides is 4. The summed E-state index contributed by atoms with van der Waals surface area (Å²) in [5.41, 5.74) is 11.3. The molecule has 45 heavy (non-hydrogen) atoms. The molecule has 9 heteroatoms. The van der Waals surface area contributed by atoms with Crippen molar-refractivity contribution >= 4 is 29.2 Å². The second kappa shape index (κ2) is 13.7. The fourth-order valence-electron chi connectivity index (χ4n) is 5.38. The molecule has 232 valence electrons. The third-order valence-corrected chi connectivity index (χ3v) is 7.86. The highest BCUT2D eigenvalue weighted by molar-refractivity contribution is 6.01. The van der Waals surface area contributed by atoms with Crippen LogP contribution in [0.15, 0.2) is 97.1 Å². The Morgan fingerprint density at radius 2 is 1.62 bits per heavy atom. The molecule has 4 aromatic rings. The molecule has 5 N–H and O–H groups in total. The SMILES string of the molecule is COc1ccccc1NC(=O)NCc1ccccc1-c1ccc(CN2C(=O)[C@H](NC(=O)C(C)(C)N)CCc3ccccc32)cc1. The molecule has 0 radical (unpaired) electrons. The minimum atomic E-state index is -1.09. The van der Waals surface area contributed by atoms with Gasteiger partial charge < -0.3 is 31.3 Å². The first-order valence-corrected chi connectivity index (χ1v) is 15.0. The van der Waals surface area contributed by atoms with E-state index in [1.54, 1.807) is 38.0 Å². The van der Waals surface area contributed by atoms with E-state index in [1.807, 2.05) is 84.9 Å². The number of carbonyl (C=O) groups excluding carboxylic acids is 3. The van der Waals surface area contributed by atoms with Crippen LogP contribution >= 0.6 is 0 Å². The molecule has 0 bridgehead atoms. The van der Waals surface area contributed by atoms with Crippen LogP contribution in [0.4, 0.5) is 16.2 Å². The van der Waals surface area contributed by atoms with Gasteiger partial charge in [0.05, 0.1) is 24.9 Å². The van der Waals surface area contributed by atoms with Crippen LogP contribution in [-0.2, 0) is 29.1 Å². The van der Waals surface area contributed by atoms with E-state index >= 15 is 0 Å². The molecule has 4 aromatic carbocycles. The third-order valence-electron chi connectivity index (χ3n) is 7.86. The number of urea groups is 1. The molecule has 0 spiro atoms. The summed E-state index contributed by atoms with van der Waals surface area (Å²) in [6, 6.07) is 30.1. The van der Waals surface area contributed by atoms with Gasteiger partial charge in [-0.2, -0.15) is 0 Å². The van der Waals surface area contributed by atoms with Crippen molar-refractivity contribution < 1.29 is 19.1 Å². The molecule has 0 saturated carbocycles. The molecule has 1 atom stereocenters. The van der Waals surface area contributed by atoms with Crippen LogP contribution in [0.1, 0.15) is 37.0 Å². The van der Waals surface area contributed by atoms with Crippen LogP contribution in [0.3, 0.4) is 0 Å². The van der Waals surface area contributed by atoms with E-state index in [4.69, 9.17) is 10.5 Å². The van der Waals surface area contributed by atoms with Gasteiger partial charge in [0.2, 0.25) is 11.8 Å². The maximum absolute atomic E-state index is 13.8. The molecule has 0 unspecified atom stereocenters. The molecule has 1 aliphatic rings. The Hall–Kier alpha value is -5.15. The highest BCUT2D eigenvalue weighted by Gasteiger charge is 2.34. The lowest BCUT2D eigenvalue weighted by Gasteiger charge is -2.28. The third kappa shape index (κ3) is 7.50. The first kappa shape index (κ1) is 31.3. The highest BCUT2D eigenvalue weighted by atomic mass is 16.5. The summed E-state index contributed by atoms with van der Waals surface area (Å²) in [6.07, 6.45) is 1.16. The van der Waals surface area contributed by atoms with E-state index in [-0.39, 0.29) is 17.8 Å². The van der Waals surface area contributed by atoms with Crippen molar-refractivity contribution in [2.24, 2.45) is 5.73 Å². The lowest BCUT2D eigenvalue weighted by Crippen LogP contribution is -2.56. The Morgan fingerprint density at radius 3 is 2.38 bits per heavy atom. The van der Waals surface area contributed by atoms with Crippen LogP contribution < -0.4 is 31.3 Å². The zero-order chi connectivity index (χ0) is 32.0. The average molecular weight is 606 g/mol. The Kier molecular flexibility index (Phi) is 9.49. The summed E-state index contributed by atoms with van der Waals surface area (Å²) in [7, 11) is 1.56. The number of rotatable bonds is 9. The van der Waals surface area contributed by atoms with Crippen LogP contribution in [0.25, 0.3) is 11.1 Å². The Balaban J connectivity index is 1.31. The zero-order valence-corrected chi connectivity index (χ0v) is 25.8. The standard InChI is InChI=1S/C36H39N5O4/c1-36(2,37)34(43)39-30-21-20-26-10-5-8-14-31(26)41(33(30)42)23-24-16-18-25(19-17-24)28-12-6-4-11-27(28)22-38-35(44)40-29-13-7-9-15-32(29)45-3/h4-19,30H,20-23,37H2,1-3H3,(H,39,43)(H2,38,40,44)/t30-/m1/s1. The summed E-state index contributed by atoms with van der Waals surface area (Å²) in [5.74, 6) is 0.0595. The monoisotopic (exact) mass is 605 g/mol. The summed E-state index contributed by atoms with van der Waals surface area (Å²) >= 11 is 0. The van der Waals surface area contributed by atoms with Crippen LogP contribution in [0, 0.1) is 0 Å². The van der Waals surface area contributed by atoms with Gasteiger partial charge in [0.15, 0.2) is 0 Å². The van der Waals surface area contributed by atoms with E-state index in [9.17, 15) is 14.4 Å². The van der Waals surface area contributed by atoms with E-state index in [0.717, 1.165) is 33.5 Å². The first-order chi connectivity index (χ1) is 21.6. The number of hydrogen-bond donors (Lipinski definition) is 4. The molecule has 4 amide bonds. The predicted molar refractivity (Wildman–Crippen MR) is 177 cm³/mol. The molecule has 0 saturated heterocycles. The lowest BCUT2D eigenvalue weighted by molar-refractivity contribution is -0.130. The van der Waals surface area contributed by atoms with Gasteiger partial charge in [-0.25, -0.2) is 4.79 Å². The number of anilines is 2. The fraction of sp³-hybridized carbons (Fsp3) is 0.250. The normalized spacial score (nSPS) is 14.6. The molecule has 1 heterocycles. The van der Waals surface area contributed by atoms with Gasteiger partial charge >= 0.3 is 6.03 Å². The number of nitrogens with zero attached hydrogens (tertiary/aromatic N) is 1. The lowest BCUT2D eigenvalue weighted by atomic mass is 9.98. The number of para-hydroxylation sites is 3. The van der Waals surface area contributed by atoms with E-state index < -0.39 is 11.6 Å². The minimum Gasteiger partial charge on any atom is -0.495 e. The second-order valence-corrected chi connectivity index (χ2v) is 11.7. The molecule has 0 aliphatic carbocycles. The van der Waals surface area contributed by atoms with Gasteiger partial charge in [-0.3, -0.25) is 9.59 Å². The van der Waals surface area contributed by atoms with Crippen molar-refractivity contribution in [3.63, 3.8) is 0 Å². The van der Waals surface area contributed by atoms with Crippen LogP contribution in [0.2, 0.25) is 0 Å². The number of methoxy groups -OCH3 is 1. The van der Waals surface area contributed by atoms with Crippen LogP contribution in [-0.4, -0.2) is 36.5 Å². The van der Waals surface area contributed by atoms with E-state index in [1.165, 1.54) is 0 Å². The number of carbonyl (C=O) groups is 3. The maximum atomic E-state index is 13.8. The van der Waals surface area contributed by atoms with Gasteiger partial charge in [0.25, 0.3) is 0 Å². The van der Waals surface area contributed by atoms with Gasteiger partial charge in [-0.15, -0.1) is 0 Å². The number of nitrogens with two attached hydrogens (primary N) is 1. The molecule has 5 rings (SSSR count). The molecule has 1 aliphatic heterocycles. The highest BCUT2D eigenvalue weighted by Crippen LogP contribution is 2.30. The van der Waals surface area contributed by atoms with Gasteiger partial charge in [0.1, 0.15) is 11.8 Å². The minimum absolute atomic E-state index is 0.163. The van der Waals surface area contributed by atoms with E-state index in [2.05, 4.69) is 16.0 Å². The van der Waals surface area contributed by atoms with E-state index in [0.29, 0.717) is 37.4 Å². The van der Waals surface area contributed by atoms with Crippen LogP contribution in [0.5, 0.6) is 5.75 Å². The first-order valence-electron chi connectivity index (χ1n) is 15.0. The van der Waals surface area contributed by atoms with Crippen molar-refractivity contribution in [1.82, 2.24) is 10.6 Å². The Bertz CT molecular complexity index is 1680. The van der Waals surface area contributed by atoms with Crippen molar-refractivity contribution in [1.29, 1.82) is 0 Å². The second-order valence-electron chi connectivity index (χ2n) is 11.7. The Labute approximate surface area is 263 Å². The molecule has 0 aromatic heterocycles. The summed E-state index contributed by atoms with van der Waals surface area (Å²) in [4.78, 5) is 40.9. The smallest absolute Gasteiger partial charge is 0.319 e. The number of aryl methyl sites for hydroxylation is 1. The fourth-order valence-corrected chi connectivity index (χ4v) is 5.38. The number of hydrogen-bond acceptors (Lipinski definition) is 5. The predicted octanol–water partition coefficient (Wildman–Crippen LogP) is 5.39. The number of nitrogens with one attached hydrogen (secondary N) is 3. The van der Waals surface area contributed by atoms with Gasteiger partial charge in [0, 0.05) is 12.2 Å². The molecular formula is C36H39N5O4. The topological polar surface area (TPSA) is 126 Å².